The van der Waals surface area contributed by atoms with Gasteiger partial charge in [0.25, 0.3) is 0 Å². The second-order valence-corrected chi connectivity index (χ2v) is 8.64. The summed E-state index contributed by atoms with van der Waals surface area (Å²) in [5.41, 5.74) is 12.0. The second-order valence-electron chi connectivity index (χ2n) is 7.66. The fourth-order valence-electron chi connectivity index (χ4n) is 2.98. The zero-order chi connectivity index (χ0) is 25.5. The molecular weight excluding hydrogens is 466 g/mol. The molecule has 3 amide bonds. The number of aliphatic carboxylic acids is 1. The molecule has 4 atom stereocenters. The largest absolute Gasteiger partial charge is 0.480 e. The monoisotopic (exact) mass is 501 g/mol. The van der Waals surface area contributed by atoms with Gasteiger partial charge in [-0.3, -0.25) is 14.4 Å². The van der Waals surface area contributed by atoms with E-state index in [0.717, 1.165) is 6.42 Å². The SMILES string of the molecule is CSCCC(NC(=O)C(Cc1cnc[nH]1)NC(=O)C(N)CCCCN)C(=O)NC(CO)C(=O)O. The number of carboxylic acids is 1. The Morgan fingerprint density at radius 2 is 1.71 bits per heavy atom. The number of aromatic nitrogens is 2. The summed E-state index contributed by atoms with van der Waals surface area (Å²) >= 11 is 1.44. The van der Waals surface area contributed by atoms with Gasteiger partial charge in [0.15, 0.2) is 0 Å². The van der Waals surface area contributed by atoms with E-state index in [2.05, 4.69) is 25.9 Å². The molecule has 34 heavy (non-hydrogen) atoms. The highest BCUT2D eigenvalue weighted by atomic mass is 32.2. The lowest BCUT2D eigenvalue weighted by Crippen LogP contribution is -2.58. The minimum atomic E-state index is -1.51. The van der Waals surface area contributed by atoms with E-state index in [-0.39, 0.29) is 12.8 Å². The van der Waals surface area contributed by atoms with Gasteiger partial charge in [-0.1, -0.05) is 6.42 Å². The minimum absolute atomic E-state index is 0.0678. The number of nitrogens with two attached hydrogens (primary N) is 2. The second kappa shape index (κ2) is 16.0. The summed E-state index contributed by atoms with van der Waals surface area (Å²) in [7, 11) is 0. The number of carboxylic acid groups (broad SMARTS) is 1. The number of amides is 3. The molecule has 13 nitrogen and oxygen atoms in total. The molecule has 14 heteroatoms. The lowest BCUT2D eigenvalue weighted by molar-refractivity contribution is -0.143. The third-order valence-corrected chi connectivity index (χ3v) is 5.60. The summed E-state index contributed by atoms with van der Waals surface area (Å²) in [5, 5.41) is 25.7. The van der Waals surface area contributed by atoms with Gasteiger partial charge in [0, 0.05) is 18.3 Å². The van der Waals surface area contributed by atoms with Crippen LogP contribution in [-0.4, -0.2) is 93.2 Å². The molecule has 1 aromatic heterocycles. The molecule has 0 spiro atoms. The van der Waals surface area contributed by atoms with Gasteiger partial charge < -0.3 is 42.6 Å². The van der Waals surface area contributed by atoms with Gasteiger partial charge in [-0.05, 0) is 37.8 Å². The van der Waals surface area contributed by atoms with Crippen molar-refractivity contribution < 1.29 is 29.4 Å². The molecule has 4 unspecified atom stereocenters. The first-order chi connectivity index (χ1) is 16.2. The highest BCUT2D eigenvalue weighted by Gasteiger charge is 2.30. The number of aliphatic hydroxyl groups is 1. The first-order valence-electron chi connectivity index (χ1n) is 10.9. The van der Waals surface area contributed by atoms with E-state index in [1.807, 2.05) is 6.26 Å². The Kier molecular flexibility index (Phi) is 13.8. The van der Waals surface area contributed by atoms with Gasteiger partial charge >= 0.3 is 5.97 Å². The van der Waals surface area contributed by atoms with Crippen molar-refractivity contribution in [3.05, 3.63) is 18.2 Å². The van der Waals surface area contributed by atoms with Crippen molar-refractivity contribution in [3.63, 3.8) is 0 Å². The van der Waals surface area contributed by atoms with Crippen LogP contribution in [0.2, 0.25) is 0 Å². The number of carbonyl (C=O) groups is 4. The van der Waals surface area contributed by atoms with Crippen LogP contribution in [0.1, 0.15) is 31.4 Å². The first-order valence-corrected chi connectivity index (χ1v) is 12.3. The molecule has 0 radical (unpaired) electrons. The number of hydrogen-bond acceptors (Lipinski definition) is 9. The molecule has 0 bridgehead atoms. The third kappa shape index (κ3) is 10.5. The van der Waals surface area contributed by atoms with Crippen molar-refractivity contribution >= 4 is 35.5 Å². The maximum Gasteiger partial charge on any atom is 0.328 e. The lowest BCUT2D eigenvalue weighted by Gasteiger charge is -2.24. The van der Waals surface area contributed by atoms with Crippen LogP contribution in [0, 0.1) is 0 Å². The molecule has 0 aromatic carbocycles. The fraction of sp³-hybridized carbons (Fsp3) is 0.650. The summed E-state index contributed by atoms with van der Waals surface area (Å²) in [6.45, 7) is -0.317. The number of hydrogen-bond donors (Lipinski definition) is 8. The smallest absolute Gasteiger partial charge is 0.328 e. The Morgan fingerprint density at radius 1 is 1.06 bits per heavy atom. The lowest BCUT2D eigenvalue weighted by atomic mass is 10.1. The van der Waals surface area contributed by atoms with Crippen molar-refractivity contribution in [2.24, 2.45) is 11.5 Å². The van der Waals surface area contributed by atoms with Crippen molar-refractivity contribution in [2.75, 3.05) is 25.2 Å². The van der Waals surface area contributed by atoms with Crippen LogP contribution in [-0.2, 0) is 25.6 Å². The van der Waals surface area contributed by atoms with Crippen LogP contribution in [0.3, 0.4) is 0 Å². The van der Waals surface area contributed by atoms with Gasteiger partial charge in [-0.25, -0.2) is 9.78 Å². The van der Waals surface area contributed by atoms with Crippen molar-refractivity contribution in [3.8, 4) is 0 Å². The summed E-state index contributed by atoms with van der Waals surface area (Å²) < 4.78 is 0. The number of aliphatic hydroxyl groups excluding tert-OH is 1. The van der Waals surface area contributed by atoms with E-state index >= 15 is 0 Å². The number of imidazole rings is 1. The van der Waals surface area contributed by atoms with E-state index in [1.165, 1.54) is 24.3 Å². The van der Waals surface area contributed by atoms with Gasteiger partial charge in [-0.2, -0.15) is 11.8 Å². The van der Waals surface area contributed by atoms with E-state index in [9.17, 15) is 24.3 Å². The van der Waals surface area contributed by atoms with Crippen LogP contribution in [0.5, 0.6) is 0 Å². The highest BCUT2D eigenvalue weighted by molar-refractivity contribution is 7.98. The molecule has 0 saturated carbocycles. The van der Waals surface area contributed by atoms with Crippen molar-refractivity contribution in [2.45, 2.75) is 56.3 Å². The van der Waals surface area contributed by atoms with Crippen molar-refractivity contribution in [1.82, 2.24) is 25.9 Å². The topological polar surface area (TPSA) is 226 Å². The average Bonchev–Trinajstić information content (AvgIpc) is 3.32. The molecule has 1 rings (SSSR count). The third-order valence-electron chi connectivity index (χ3n) is 4.96. The number of unbranched alkanes of at least 4 members (excludes halogenated alkanes) is 1. The average molecular weight is 502 g/mol. The summed E-state index contributed by atoms with van der Waals surface area (Å²) in [6, 6.07) is -4.48. The molecule has 0 aliphatic heterocycles. The number of nitrogens with one attached hydrogen (secondary N) is 4. The molecule has 0 fully saturated rings. The Bertz CT molecular complexity index is 779. The van der Waals surface area contributed by atoms with E-state index in [4.69, 9.17) is 16.6 Å². The predicted molar refractivity (Wildman–Crippen MR) is 127 cm³/mol. The van der Waals surface area contributed by atoms with Crippen LogP contribution >= 0.6 is 11.8 Å². The molecule has 1 aromatic rings. The quantitative estimate of drug-likeness (QED) is 0.106. The van der Waals surface area contributed by atoms with Gasteiger partial charge in [0.1, 0.15) is 18.1 Å². The summed E-state index contributed by atoms with van der Waals surface area (Å²) in [5.74, 6) is -2.83. The molecule has 0 aliphatic carbocycles. The first kappa shape index (κ1) is 29.4. The maximum atomic E-state index is 13.1. The van der Waals surface area contributed by atoms with Crippen LogP contribution < -0.4 is 27.4 Å². The molecule has 10 N–H and O–H groups in total. The molecule has 1 heterocycles. The molecule has 0 aliphatic rings. The van der Waals surface area contributed by atoms with Crippen LogP contribution in [0.15, 0.2) is 12.5 Å². The number of carbonyl (C=O) groups excluding carboxylic acids is 3. The number of rotatable bonds is 17. The number of nitrogens with zero attached hydrogens (tertiary/aromatic N) is 1. The predicted octanol–water partition coefficient (Wildman–Crippen LogP) is -2.31. The fourth-order valence-corrected chi connectivity index (χ4v) is 3.45. The van der Waals surface area contributed by atoms with Gasteiger partial charge in [0.2, 0.25) is 17.7 Å². The van der Waals surface area contributed by atoms with E-state index < -0.39 is 54.5 Å². The Hall–Kier alpha value is -2.68. The molecule has 0 saturated heterocycles. The normalized spacial score (nSPS) is 14.5. The van der Waals surface area contributed by atoms with Gasteiger partial charge in [-0.15, -0.1) is 0 Å². The Balaban J connectivity index is 2.95. The minimum Gasteiger partial charge on any atom is -0.480 e. The summed E-state index contributed by atoms with van der Waals surface area (Å²) in [4.78, 5) is 56.2. The number of H-pyrrole nitrogens is 1. The van der Waals surface area contributed by atoms with Crippen LogP contribution in [0.4, 0.5) is 0 Å². The van der Waals surface area contributed by atoms with Crippen LogP contribution in [0.25, 0.3) is 0 Å². The summed E-state index contributed by atoms with van der Waals surface area (Å²) in [6.07, 6.45) is 6.81. The molecular formula is C20H35N7O6S. The zero-order valence-corrected chi connectivity index (χ0v) is 20.0. The number of thioether (sulfide) groups is 1. The number of aromatic amines is 1. The standard InChI is InChI=1S/C20H35N7O6S/c1-34-7-5-14(18(30)27-16(10-28)20(32)33)25-19(31)15(8-12-9-23-11-24-12)26-17(29)13(22)4-2-3-6-21/h9,11,13-16,28H,2-8,10,21-22H2,1H3,(H,23,24)(H,25,31)(H,26,29)(H,27,30)(H,32,33). The van der Waals surface area contributed by atoms with E-state index in [1.54, 1.807) is 0 Å². The van der Waals surface area contributed by atoms with Crippen molar-refractivity contribution in [1.29, 1.82) is 0 Å². The Labute approximate surface area is 202 Å². The zero-order valence-electron chi connectivity index (χ0n) is 19.2. The Morgan fingerprint density at radius 3 is 2.26 bits per heavy atom. The van der Waals surface area contributed by atoms with Gasteiger partial charge in [0.05, 0.1) is 19.0 Å². The molecule has 192 valence electrons. The highest BCUT2D eigenvalue weighted by Crippen LogP contribution is 2.06. The maximum absolute atomic E-state index is 13.1. The van der Waals surface area contributed by atoms with E-state index in [0.29, 0.717) is 30.8 Å².